The van der Waals surface area contributed by atoms with Crippen LogP contribution in [0, 0.1) is 5.92 Å². The third kappa shape index (κ3) is 4.74. The fourth-order valence-corrected chi connectivity index (χ4v) is 2.27. The highest BCUT2D eigenvalue weighted by atomic mass is 32.2. The van der Waals surface area contributed by atoms with E-state index >= 15 is 0 Å². The molecule has 0 spiro atoms. The fourth-order valence-electron chi connectivity index (χ4n) is 1.78. The molecule has 0 aromatic rings. The highest BCUT2D eigenvalue weighted by Gasteiger charge is 2.28. The van der Waals surface area contributed by atoms with Gasteiger partial charge >= 0.3 is 0 Å². The first kappa shape index (κ1) is 13.8. The van der Waals surface area contributed by atoms with Gasteiger partial charge in [0.05, 0.1) is 6.04 Å². The molecule has 1 fully saturated rings. The molecule has 0 aromatic carbocycles. The molecule has 3 nitrogen and oxygen atoms in total. The summed E-state index contributed by atoms with van der Waals surface area (Å²) in [5.74, 6) is 1.88. The maximum absolute atomic E-state index is 12.1. The average Bonchev–Trinajstić information content (AvgIpc) is 3.08. The Kier molecular flexibility index (Phi) is 6.21. The molecule has 0 heterocycles. The summed E-state index contributed by atoms with van der Waals surface area (Å²) in [5.41, 5.74) is 5.93. The van der Waals surface area contributed by atoms with Crippen molar-refractivity contribution < 1.29 is 4.79 Å². The second-order valence-corrected chi connectivity index (χ2v) is 5.60. The van der Waals surface area contributed by atoms with Crippen molar-refractivity contribution >= 4 is 17.7 Å². The highest BCUT2D eigenvalue weighted by molar-refractivity contribution is 7.98. The SMILES string of the molecule is CCCN(CC1CC1)C(=O)[C@@H](N)CCSC. The Hall–Kier alpha value is -0.220. The van der Waals surface area contributed by atoms with E-state index in [2.05, 4.69) is 6.92 Å². The van der Waals surface area contributed by atoms with Gasteiger partial charge in [-0.05, 0) is 43.6 Å². The van der Waals surface area contributed by atoms with E-state index in [1.54, 1.807) is 11.8 Å². The van der Waals surface area contributed by atoms with E-state index in [-0.39, 0.29) is 11.9 Å². The van der Waals surface area contributed by atoms with Gasteiger partial charge in [0.2, 0.25) is 5.91 Å². The molecule has 16 heavy (non-hydrogen) atoms. The Morgan fingerprint density at radius 3 is 2.75 bits per heavy atom. The molecule has 0 aromatic heterocycles. The quantitative estimate of drug-likeness (QED) is 0.707. The molecule has 1 saturated carbocycles. The summed E-state index contributed by atoms with van der Waals surface area (Å²) in [6.45, 7) is 3.91. The van der Waals surface area contributed by atoms with Crippen LogP contribution >= 0.6 is 11.8 Å². The summed E-state index contributed by atoms with van der Waals surface area (Å²) in [5, 5.41) is 0. The van der Waals surface area contributed by atoms with Crippen molar-refractivity contribution in [3.8, 4) is 0 Å². The second-order valence-electron chi connectivity index (χ2n) is 4.62. The van der Waals surface area contributed by atoms with Gasteiger partial charge in [0.1, 0.15) is 0 Å². The molecule has 0 bridgehead atoms. The number of rotatable bonds is 8. The highest BCUT2D eigenvalue weighted by Crippen LogP contribution is 2.29. The van der Waals surface area contributed by atoms with Crippen LogP contribution in [0.1, 0.15) is 32.6 Å². The molecule has 1 aliphatic rings. The first-order valence-corrected chi connectivity index (χ1v) is 7.61. The molecule has 0 radical (unpaired) electrons. The fraction of sp³-hybridized carbons (Fsp3) is 0.917. The number of nitrogens with zero attached hydrogens (tertiary/aromatic N) is 1. The third-order valence-electron chi connectivity index (χ3n) is 2.93. The summed E-state index contributed by atoms with van der Waals surface area (Å²) in [7, 11) is 0. The zero-order valence-corrected chi connectivity index (χ0v) is 11.3. The van der Waals surface area contributed by atoms with Gasteiger partial charge < -0.3 is 10.6 Å². The normalized spacial score (nSPS) is 17.2. The molecular formula is C12H24N2OS. The second kappa shape index (κ2) is 7.17. The molecule has 1 rings (SSSR count). The first-order chi connectivity index (χ1) is 7.69. The first-order valence-electron chi connectivity index (χ1n) is 6.22. The van der Waals surface area contributed by atoms with E-state index in [0.29, 0.717) is 0 Å². The molecule has 0 saturated heterocycles. The zero-order valence-electron chi connectivity index (χ0n) is 10.4. The van der Waals surface area contributed by atoms with Crippen molar-refractivity contribution in [1.82, 2.24) is 4.90 Å². The van der Waals surface area contributed by atoms with Crippen LogP contribution in [0.2, 0.25) is 0 Å². The Bertz CT molecular complexity index is 219. The lowest BCUT2D eigenvalue weighted by molar-refractivity contribution is -0.132. The van der Waals surface area contributed by atoms with Crippen LogP contribution in [-0.4, -0.2) is 41.9 Å². The van der Waals surface area contributed by atoms with Gasteiger partial charge in [-0.15, -0.1) is 0 Å². The van der Waals surface area contributed by atoms with Crippen LogP contribution in [0.4, 0.5) is 0 Å². The largest absolute Gasteiger partial charge is 0.341 e. The minimum atomic E-state index is -0.294. The number of carbonyl (C=O) groups is 1. The summed E-state index contributed by atoms with van der Waals surface area (Å²) in [4.78, 5) is 14.1. The van der Waals surface area contributed by atoms with Crippen LogP contribution in [0.15, 0.2) is 0 Å². The van der Waals surface area contributed by atoms with E-state index in [0.717, 1.165) is 37.6 Å². The minimum absolute atomic E-state index is 0.155. The van der Waals surface area contributed by atoms with E-state index in [1.165, 1.54) is 12.8 Å². The van der Waals surface area contributed by atoms with Gasteiger partial charge in [0.15, 0.2) is 0 Å². The predicted octanol–water partition coefficient (Wildman–Crippen LogP) is 1.72. The molecule has 94 valence electrons. The van der Waals surface area contributed by atoms with Gasteiger partial charge in [0, 0.05) is 13.1 Å². The van der Waals surface area contributed by atoms with Crippen LogP contribution < -0.4 is 5.73 Å². The lowest BCUT2D eigenvalue weighted by Gasteiger charge is -2.25. The minimum Gasteiger partial charge on any atom is -0.341 e. The van der Waals surface area contributed by atoms with Crippen molar-refractivity contribution in [3.05, 3.63) is 0 Å². The molecular weight excluding hydrogens is 220 g/mol. The van der Waals surface area contributed by atoms with Crippen LogP contribution in [0.3, 0.4) is 0 Å². The molecule has 4 heteroatoms. The van der Waals surface area contributed by atoms with Crippen LogP contribution in [0.5, 0.6) is 0 Å². The van der Waals surface area contributed by atoms with Gasteiger partial charge in [0.25, 0.3) is 0 Å². The summed E-state index contributed by atoms with van der Waals surface area (Å²) < 4.78 is 0. The number of hydrogen-bond donors (Lipinski definition) is 1. The van der Waals surface area contributed by atoms with Crippen molar-refractivity contribution in [1.29, 1.82) is 0 Å². The number of thioether (sulfide) groups is 1. The van der Waals surface area contributed by atoms with E-state index in [9.17, 15) is 4.79 Å². The van der Waals surface area contributed by atoms with Gasteiger partial charge in [-0.3, -0.25) is 4.79 Å². The lowest BCUT2D eigenvalue weighted by Crippen LogP contribution is -2.45. The maximum atomic E-state index is 12.1. The average molecular weight is 244 g/mol. The lowest BCUT2D eigenvalue weighted by atomic mass is 10.2. The maximum Gasteiger partial charge on any atom is 0.239 e. The molecule has 1 amide bonds. The van der Waals surface area contributed by atoms with E-state index in [4.69, 9.17) is 5.73 Å². The Labute approximate surface area is 103 Å². The molecule has 0 unspecified atom stereocenters. The van der Waals surface area contributed by atoms with Crippen molar-refractivity contribution in [2.75, 3.05) is 25.1 Å². The van der Waals surface area contributed by atoms with Crippen molar-refractivity contribution in [2.24, 2.45) is 11.7 Å². The molecule has 1 atom stereocenters. The molecule has 2 N–H and O–H groups in total. The monoisotopic (exact) mass is 244 g/mol. The van der Waals surface area contributed by atoms with Gasteiger partial charge in [-0.1, -0.05) is 6.92 Å². The topological polar surface area (TPSA) is 46.3 Å². The summed E-state index contributed by atoms with van der Waals surface area (Å²) in [6.07, 6.45) is 6.44. The summed E-state index contributed by atoms with van der Waals surface area (Å²) >= 11 is 1.75. The van der Waals surface area contributed by atoms with E-state index < -0.39 is 0 Å². The van der Waals surface area contributed by atoms with Crippen molar-refractivity contribution in [2.45, 2.75) is 38.6 Å². The van der Waals surface area contributed by atoms with E-state index in [1.807, 2.05) is 11.2 Å². The molecule has 1 aliphatic carbocycles. The summed E-state index contributed by atoms with van der Waals surface area (Å²) in [6, 6.07) is -0.294. The third-order valence-corrected chi connectivity index (χ3v) is 3.57. The van der Waals surface area contributed by atoms with Gasteiger partial charge in [-0.25, -0.2) is 0 Å². The Morgan fingerprint density at radius 1 is 1.56 bits per heavy atom. The number of amides is 1. The molecule has 0 aliphatic heterocycles. The van der Waals surface area contributed by atoms with Crippen LogP contribution in [-0.2, 0) is 4.79 Å². The number of nitrogens with two attached hydrogens (primary N) is 1. The predicted molar refractivity (Wildman–Crippen MR) is 70.6 cm³/mol. The van der Waals surface area contributed by atoms with Crippen LogP contribution in [0.25, 0.3) is 0 Å². The smallest absolute Gasteiger partial charge is 0.239 e. The number of carbonyl (C=O) groups excluding carboxylic acids is 1. The Balaban J connectivity index is 2.37. The van der Waals surface area contributed by atoms with Crippen molar-refractivity contribution in [3.63, 3.8) is 0 Å². The number of hydrogen-bond acceptors (Lipinski definition) is 3. The van der Waals surface area contributed by atoms with Gasteiger partial charge in [-0.2, -0.15) is 11.8 Å². The standard InChI is InChI=1S/C12H24N2OS/c1-3-7-14(9-10-4-5-10)12(15)11(13)6-8-16-2/h10-11H,3-9,13H2,1-2H3/t11-/m0/s1. The zero-order chi connectivity index (χ0) is 12.0. The Morgan fingerprint density at radius 2 is 2.25 bits per heavy atom.